The van der Waals surface area contributed by atoms with Crippen LogP contribution in [0.2, 0.25) is 0 Å². The monoisotopic (exact) mass is 194 g/mol. The van der Waals surface area contributed by atoms with Crippen LogP contribution in [0.15, 0.2) is 24.3 Å². The van der Waals surface area contributed by atoms with Crippen molar-refractivity contribution >= 4 is 5.69 Å². The molecule has 0 spiro atoms. The summed E-state index contributed by atoms with van der Waals surface area (Å²) in [5.74, 6) is 0.319. The molecular weight excluding hydrogens is 176 g/mol. The zero-order valence-corrected chi connectivity index (χ0v) is 9.07. The molecule has 0 saturated carbocycles. The number of hydrogen-bond acceptors (Lipinski definition) is 3. The summed E-state index contributed by atoms with van der Waals surface area (Å²) in [6, 6.07) is 7.31. The largest absolute Gasteiger partial charge is 0.508 e. The van der Waals surface area contributed by atoms with Gasteiger partial charge in [-0.2, -0.15) is 0 Å². The van der Waals surface area contributed by atoms with Crippen molar-refractivity contribution in [2.24, 2.45) is 0 Å². The Kier molecular flexibility index (Phi) is 3.77. The Morgan fingerprint density at radius 3 is 2.43 bits per heavy atom. The minimum absolute atomic E-state index is 0.319. The SMILES string of the molecule is CN(C)CCN(C)c1cccc(O)c1. The first-order valence-corrected chi connectivity index (χ1v) is 4.74. The van der Waals surface area contributed by atoms with Gasteiger partial charge in [-0.1, -0.05) is 6.07 Å². The number of hydrogen-bond donors (Lipinski definition) is 1. The zero-order valence-electron chi connectivity index (χ0n) is 9.07. The van der Waals surface area contributed by atoms with Crippen molar-refractivity contribution in [3.05, 3.63) is 24.3 Å². The predicted octanol–water partition coefficient (Wildman–Crippen LogP) is 1.39. The molecule has 78 valence electrons. The Morgan fingerprint density at radius 1 is 1.14 bits per heavy atom. The fourth-order valence-electron chi connectivity index (χ4n) is 1.21. The van der Waals surface area contributed by atoms with Crippen molar-refractivity contribution in [2.75, 3.05) is 39.1 Å². The van der Waals surface area contributed by atoms with Crippen molar-refractivity contribution in [3.8, 4) is 5.75 Å². The van der Waals surface area contributed by atoms with E-state index in [1.807, 2.05) is 19.2 Å². The lowest BCUT2D eigenvalue weighted by Gasteiger charge is -2.21. The highest BCUT2D eigenvalue weighted by Gasteiger charge is 2.01. The van der Waals surface area contributed by atoms with Crippen molar-refractivity contribution < 1.29 is 5.11 Å². The van der Waals surface area contributed by atoms with E-state index in [1.54, 1.807) is 12.1 Å². The van der Waals surface area contributed by atoms with Gasteiger partial charge >= 0.3 is 0 Å². The first-order chi connectivity index (χ1) is 6.59. The van der Waals surface area contributed by atoms with Crippen LogP contribution in [0.1, 0.15) is 0 Å². The van der Waals surface area contributed by atoms with Gasteiger partial charge in [0.2, 0.25) is 0 Å². The van der Waals surface area contributed by atoms with Crippen molar-refractivity contribution in [1.82, 2.24) is 4.90 Å². The highest BCUT2D eigenvalue weighted by Crippen LogP contribution is 2.18. The number of likely N-dealkylation sites (N-methyl/N-ethyl adjacent to an activating group) is 2. The Hall–Kier alpha value is -1.22. The second-order valence-corrected chi connectivity index (χ2v) is 3.74. The van der Waals surface area contributed by atoms with Crippen LogP contribution < -0.4 is 4.90 Å². The molecule has 0 heterocycles. The molecule has 0 bridgehead atoms. The lowest BCUT2D eigenvalue weighted by molar-refractivity contribution is 0.416. The summed E-state index contributed by atoms with van der Waals surface area (Å²) in [6.07, 6.45) is 0. The molecule has 1 N–H and O–H groups in total. The number of nitrogens with zero attached hydrogens (tertiary/aromatic N) is 2. The van der Waals surface area contributed by atoms with E-state index in [9.17, 15) is 5.11 Å². The van der Waals surface area contributed by atoms with Gasteiger partial charge in [0.15, 0.2) is 0 Å². The molecule has 1 aromatic rings. The van der Waals surface area contributed by atoms with Crippen LogP contribution in [0.4, 0.5) is 5.69 Å². The Labute approximate surface area is 85.6 Å². The smallest absolute Gasteiger partial charge is 0.117 e. The third-order valence-corrected chi connectivity index (χ3v) is 2.15. The summed E-state index contributed by atoms with van der Waals surface area (Å²) in [6.45, 7) is 1.96. The average molecular weight is 194 g/mol. The van der Waals surface area contributed by atoms with Crippen molar-refractivity contribution in [2.45, 2.75) is 0 Å². The molecule has 0 fully saturated rings. The number of phenolic OH excluding ortho intramolecular Hbond substituents is 1. The Bertz CT molecular complexity index is 286. The van der Waals surface area contributed by atoms with Crippen LogP contribution in [0, 0.1) is 0 Å². The molecule has 0 aliphatic carbocycles. The minimum atomic E-state index is 0.319. The number of anilines is 1. The van der Waals surface area contributed by atoms with Crippen LogP contribution in [0.5, 0.6) is 5.75 Å². The zero-order chi connectivity index (χ0) is 10.6. The van der Waals surface area contributed by atoms with Gasteiger partial charge in [-0.15, -0.1) is 0 Å². The van der Waals surface area contributed by atoms with Gasteiger partial charge in [-0.3, -0.25) is 0 Å². The summed E-state index contributed by atoms with van der Waals surface area (Å²) in [7, 11) is 6.13. The van der Waals surface area contributed by atoms with Gasteiger partial charge < -0.3 is 14.9 Å². The molecule has 0 unspecified atom stereocenters. The molecule has 14 heavy (non-hydrogen) atoms. The Morgan fingerprint density at radius 2 is 1.86 bits per heavy atom. The summed E-state index contributed by atoms with van der Waals surface area (Å²) in [5.41, 5.74) is 1.05. The molecule has 0 atom stereocenters. The molecule has 1 rings (SSSR count). The molecule has 0 aliphatic rings. The van der Waals surface area contributed by atoms with Crippen molar-refractivity contribution in [1.29, 1.82) is 0 Å². The standard InChI is InChI=1S/C11H18N2O/c1-12(2)7-8-13(3)10-5-4-6-11(14)9-10/h4-6,9,14H,7-8H2,1-3H3. The highest BCUT2D eigenvalue weighted by molar-refractivity contribution is 5.49. The number of aromatic hydroxyl groups is 1. The first-order valence-electron chi connectivity index (χ1n) is 4.74. The molecule has 0 aromatic heterocycles. The third kappa shape index (κ3) is 3.26. The van der Waals surface area contributed by atoms with Gasteiger partial charge in [-0.25, -0.2) is 0 Å². The van der Waals surface area contributed by atoms with Crippen LogP contribution in [0.3, 0.4) is 0 Å². The fraction of sp³-hybridized carbons (Fsp3) is 0.455. The Balaban J connectivity index is 2.56. The van der Waals surface area contributed by atoms with Gasteiger partial charge in [0.1, 0.15) is 5.75 Å². The first kappa shape index (κ1) is 10.9. The fourth-order valence-corrected chi connectivity index (χ4v) is 1.21. The minimum Gasteiger partial charge on any atom is -0.508 e. The van der Waals surface area contributed by atoms with Gasteiger partial charge in [-0.05, 0) is 26.2 Å². The molecule has 0 aliphatic heterocycles. The van der Waals surface area contributed by atoms with E-state index in [1.165, 1.54) is 0 Å². The predicted molar refractivity (Wildman–Crippen MR) is 59.9 cm³/mol. The number of phenols is 1. The van der Waals surface area contributed by atoms with Crippen LogP contribution in [-0.4, -0.2) is 44.2 Å². The van der Waals surface area contributed by atoms with E-state index in [4.69, 9.17) is 0 Å². The van der Waals surface area contributed by atoms with Crippen LogP contribution >= 0.6 is 0 Å². The molecule has 1 aromatic carbocycles. The summed E-state index contributed by atoms with van der Waals surface area (Å²) in [5, 5.41) is 9.30. The molecule has 3 heteroatoms. The van der Waals surface area contributed by atoms with E-state index in [0.717, 1.165) is 18.8 Å². The highest BCUT2D eigenvalue weighted by atomic mass is 16.3. The van der Waals surface area contributed by atoms with E-state index < -0.39 is 0 Å². The van der Waals surface area contributed by atoms with Crippen LogP contribution in [-0.2, 0) is 0 Å². The second-order valence-electron chi connectivity index (χ2n) is 3.74. The maximum Gasteiger partial charge on any atom is 0.117 e. The van der Waals surface area contributed by atoms with Gasteiger partial charge in [0.25, 0.3) is 0 Å². The van der Waals surface area contributed by atoms with Gasteiger partial charge in [0.05, 0.1) is 0 Å². The quantitative estimate of drug-likeness (QED) is 0.784. The molecular formula is C11H18N2O. The third-order valence-electron chi connectivity index (χ3n) is 2.15. The summed E-state index contributed by atoms with van der Waals surface area (Å²) >= 11 is 0. The lowest BCUT2D eigenvalue weighted by atomic mass is 10.3. The average Bonchev–Trinajstić information content (AvgIpc) is 2.14. The van der Waals surface area contributed by atoms with Crippen LogP contribution in [0.25, 0.3) is 0 Å². The van der Waals surface area contributed by atoms with Crippen molar-refractivity contribution in [3.63, 3.8) is 0 Å². The van der Waals surface area contributed by atoms with E-state index in [2.05, 4.69) is 23.9 Å². The van der Waals surface area contributed by atoms with E-state index in [0.29, 0.717) is 5.75 Å². The summed E-state index contributed by atoms with van der Waals surface area (Å²) < 4.78 is 0. The molecule has 3 nitrogen and oxygen atoms in total. The maximum absolute atomic E-state index is 9.30. The topological polar surface area (TPSA) is 26.7 Å². The molecule has 0 amide bonds. The second kappa shape index (κ2) is 4.86. The normalized spacial score (nSPS) is 10.6. The van der Waals surface area contributed by atoms with E-state index >= 15 is 0 Å². The van der Waals surface area contributed by atoms with Gasteiger partial charge in [0, 0.05) is 31.9 Å². The lowest BCUT2D eigenvalue weighted by Crippen LogP contribution is -2.28. The maximum atomic E-state index is 9.30. The number of benzene rings is 1. The molecule has 0 radical (unpaired) electrons. The van der Waals surface area contributed by atoms with E-state index in [-0.39, 0.29) is 0 Å². The number of rotatable bonds is 4. The summed E-state index contributed by atoms with van der Waals surface area (Å²) in [4.78, 5) is 4.26. The molecule has 0 saturated heterocycles.